The SMILES string of the molecule is Cn1c(SCC(=O)c2ccc(CNC(=O)C(C)(C)C)s2)nc2ccccc21. The van der Waals surface area contributed by atoms with Crippen LogP contribution in [-0.4, -0.2) is 27.0 Å². The number of Topliss-reactive ketones (excluding diaryl/α,β-unsaturated/α-hetero) is 1. The quantitative estimate of drug-likeness (QED) is 0.495. The van der Waals surface area contributed by atoms with E-state index in [2.05, 4.69) is 10.3 Å². The molecule has 0 unspecified atom stereocenters. The number of para-hydroxylation sites is 2. The molecule has 1 N–H and O–H groups in total. The molecule has 2 heterocycles. The average Bonchev–Trinajstić information content (AvgIpc) is 3.22. The third kappa shape index (κ3) is 4.59. The number of ketones is 1. The highest BCUT2D eigenvalue weighted by Gasteiger charge is 2.21. The van der Waals surface area contributed by atoms with E-state index in [0.29, 0.717) is 17.2 Å². The molecular formula is C20H23N3O2S2. The smallest absolute Gasteiger partial charge is 0.225 e. The third-order valence-corrected chi connectivity index (χ3v) is 6.28. The van der Waals surface area contributed by atoms with Crippen molar-refractivity contribution in [2.24, 2.45) is 12.5 Å². The number of amides is 1. The van der Waals surface area contributed by atoms with E-state index in [1.54, 1.807) is 0 Å². The minimum Gasteiger partial charge on any atom is -0.351 e. The van der Waals surface area contributed by atoms with Gasteiger partial charge in [0.1, 0.15) is 0 Å². The Morgan fingerprint density at radius 3 is 2.63 bits per heavy atom. The van der Waals surface area contributed by atoms with Crippen molar-refractivity contribution < 1.29 is 9.59 Å². The summed E-state index contributed by atoms with van der Waals surface area (Å²) in [5, 5.41) is 3.75. The van der Waals surface area contributed by atoms with E-state index in [1.807, 2.05) is 68.8 Å². The van der Waals surface area contributed by atoms with E-state index in [-0.39, 0.29) is 11.7 Å². The Hall–Kier alpha value is -2.12. The maximum Gasteiger partial charge on any atom is 0.225 e. The molecule has 142 valence electrons. The Morgan fingerprint density at radius 2 is 1.93 bits per heavy atom. The fourth-order valence-corrected chi connectivity index (χ4v) is 4.36. The molecule has 0 aliphatic rings. The summed E-state index contributed by atoms with van der Waals surface area (Å²) in [6.07, 6.45) is 0. The Bertz CT molecular complexity index is 983. The molecule has 0 saturated heterocycles. The minimum atomic E-state index is -0.418. The lowest BCUT2D eigenvalue weighted by molar-refractivity contribution is -0.128. The van der Waals surface area contributed by atoms with Crippen molar-refractivity contribution >= 4 is 45.8 Å². The Labute approximate surface area is 167 Å². The summed E-state index contributed by atoms with van der Waals surface area (Å²) in [6, 6.07) is 11.7. The van der Waals surface area contributed by atoms with Gasteiger partial charge in [0.15, 0.2) is 10.9 Å². The molecule has 3 rings (SSSR count). The van der Waals surface area contributed by atoms with Gasteiger partial charge in [0.2, 0.25) is 5.91 Å². The fourth-order valence-electron chi connectivity index (χ4n) is 2.51. The highest BCUT2D eigenvalue weighted by Crippen LogP contribution is 2.25. The Morgan fingerprint density at radius 1 is 1.19 bits per heavy atom. The number of hydrogen-bond acceptors (Lipinski definition) is 5. The first-order valence-electron chi connectivity index (χ1n) is 8.70. The minimum absolute atomic E-state index is 0.00109. The number of fused-ring (bicyclic) bond motifs is 1. The monoisotopic (exact) mass is 401 g/mol. The van der Waals surface area contributed by atoms with E-state index in [4.69, 9.17) is 0 Å². The molecule has 0 aliphatic carbocycles. The van der Waals surface area contributed by atoms with Crippen LogP contribution in [0.3, 0.4) is 0 Å². The Balaban J connectivity index is 1.59. The molecule has 0 aliphatic heterocycles. The predicted octanol–water partition coefficient (Wildman–Crippen LogP) is 4.27. The third-order valence-electron chi connectivity index (χ3n) is 4.12. The van der Waals surface area contributed by atoms with Crippen LogP contribution in [0.2, 0.25) is 0 Å². The van der Waals surface area contributed by atoms with Crippen molar-refractivity contribution in [3.63, 3.8) is 0 Å². The maximum atomic E-state index is 12.5. The van der Waals surface area contributed by atoms with Crippen LogP contribution in [-0.2, 0) is 18.4 Å². The van der Waals surface area contributed by atoms with E-state index < -0.39 is 5.41 Å². The molecule has 0 bridgehead atoms. The molecule has 0 radical (unpaired) electrons. The molecule has 3 aromatic rings. The van der Waals surface area contributed by atoms with Gasteiger partial charge >= 0.3 is 0 Å². The summed E-state index contributed by atoms with van der Waals surface area (Å²) >= 11 is 2.88. The number of benzene rings is 1. The molecule has 7 heteroatoms. The number of carbonyl (C=O) groups is 2. The van der Waals surface area contributed by atoms with Crippen molar-refractivity contribution in [2.75, 3.05) is 5.75 Å². The number of aromatic nitrogens is 2. The first-order chi connectivity index (χ1) is 12.8. The zero-order valence-corrected chi connectivity index (χ0v) is 17.5. The van der Waals surface area contributed by atoms with Gasteiger partial charge in [0.25, 0.3) is 0 Å². The van der Waals surface area contributed by atoms with Crippen LogP contribution in [0.15, 0.2) is 41.6 Å². The summed E-state index contributed by atoms with van der Waals surface area (Å²) in [6.45, 7) is 6.09. The lowest BCUT2D eigenvalue weighted by Crippen LogP contribution is -2.34. The number of thiophene rings is 1. The molecule has 0 spiro atoms. The second kappa shape index (κ2) is 7.86. The van der Waals surface area contributed by atoms with Gasteiger partial charge < -0.3 is 9.88 Å². The first-order valence-corrected chi connectivity index (χ1v) is 10.5. The van der Waals surface area contributed by atoms with E-state index in [9.17, 15) is 9.59 Å². The van der Waals surface area contributed by atoms with E-state index in [0.717, 1.165) is 21.1 Å². The summed E-state index contributed by atoms with van der Waals surface area (Å²) in [5.74, 6) is 0.414. The van der Waals surface area contributed by atoms with Gasteiger partial charge in [-0.05, 0) is 24.3 Å². The van der Waals surface area contributed by atoms with Crippen molar-refractivity contribution in [3.05, 3.63) is 46.2 Å². The van der Waals surface area contributed by atoms with Crippen LogP contribution in [0.1, 0.15) is 35.3 Å². The van der Waals surface area contributed by atoms with Crippen molar-refractivity contribution in [2.45, 2.75) is 32.5 Å². The van der Waals surface area contributed by atoms with Crippen LogP contribution in [0.4, 0.5) is 0 Å². The molecule has 1 amide bonds. The van der Waals surface area contributed by atoms with Crippen molar-refractivity contribution in [1.82, 2.24) is 14.9 Å². The molecule has 1 aromatic carbocycles. The average molecular weight is 402 g/mol. The summed E-state index contributed by atoms with van der Waals surface area (Å²) in [7, 11) is 1.96. The second-order valence-corrected chi connectivity index (χ2v) is 9.46. The molecule has 2 aromatic heterocycles. The lowest BCUT2D eigenvalue weighted by Gasteiger charge is -2.17. The molecule has 0 fully saturated rings. The van der Waals surface area contributed by atoms with Gasteiger partial charge in [0.05, 0.1) is 28.2 Å². The van der Waals surface area contributed by atoms with Crippen LogP contribution in [0.5, 0.6) is 0 Å². The molecule has 0 atom stereocenters. The van der Waals surface area contributed by atoms with Gasteiger partial charge in [-0.15, -0.1) is 11.3 Å². The largest absolute Gasteiger partial charge is 0.351 e. The van der Waals surface area contributed by atoms with Gasteiger partial charge in [-0.3, -0.25) is 9.59 Å². The number of nitrogens with one attached hydrogen (secondary N) is 1. The lowest BCUT2D eigenvalue weighted by atomic mass is 9.96. The number of carbonyl (C=O) groups excluding carboxylic acids is 2. The summed E-state index contributed by atoms with van der Waals surface area (Å²) in [4.78, 5) is 30.7. The normalized spacial score (nSPS) is 11.7. The van der Waals surface area contributed by atoms with Gasteiger partial charge in [0, 0.05) is 17.3 Å². The zero-order chi connectivity index (χ0) is 19.6. The van der Waals surface area contributed by atoms with E-state index in [1.165, 1.54) is 23.1 Å². The predicted molar refractivity (Wildman–Crippen MR) is 111 cm³/mol. The Kier molecular flexibility index (Phi) is 5.72. The number of thioether (sulfide) groups is 1. The second-order valence-electron chi connectivity index (χ2n) is 7.35. The number of aryl methyl sites for hydroxylation is 1. The molecular weight excluding hydrogens is 378 g/mol. The molecule has 0 saturated carbocycles. The standard InChI is InChI=1S/C20H23N3O2S2/c1-20(2,3)18(25)21-11-13-9-10-17(27-13)16(24)12-26-19-22-14-7-5-6-8-15(14)23(19)4/h5-10H,11-12H2,1-4H3,(H,21,25). The van der Waals surface area contributed by atoms with E-state index >= 15 is 0 Å². The summed E-state index contributed by atoms with van der Waals surface area (Å²) in [5.41, 5.74) is 1.57. The highest BCUT2D eigenvalue weighted by atomic mass is 32.2. The summed E-state index contributed by atoms with van der Waals surface area (Å²) < 4.78 is 2.01. The molecule has 27 heavy (non-hydrogen) atoms. The number of imidazole rings is 1. The number of nitrogens with zero attached hydrogens (tertiary/aromatic N) is 2. The first kappa shape index (κ1) is 19.6. The zero-order valence-electron chi connectivity index (χ0n) is 15.9. The highest BCUT2D eigenvalue weighted by molar-refractivity contribution is 7.99. The van der Waals surface area contributed by atoms with Gasteiger partial charge in [-0.25, -0.2) is 4.98 Å². The van der Waals surface area contributed by atoms with Crippen molar-refractivity contribution in [3.8, 4) is 0 Å². The van der Waals surface area contributed by atoms with Gasteiger partial charge in [-0.2, -0.15) is 0 Å². The number of hydrogen-bond donors (Lipinski definition) is 1. The van der Waals surface area contributed by atoms with Crippen LogP contribution in [0, 0.1) is 5.41 Å². The maximum absolute atomic E-state index is 12.5. The van der Waals surface area contributed by atoms with Crippen LogP contribution >= 0.6 is 23.1 Å². The van der Waals surface area contributed by atoms with Gasteiger partial charge in [-0.1, -0.05) is 44.7 Å². The number of rotatable bonds is 6. The fraction of sp³-hybridized carbons (Fsp3) is 0.350. The van der Waals surface area contributed by atoms with Crippen LogP contribution < -0.4 is 5.32 Å². The molecule has 5 nitrogen and oxygen atoms in total. The van der Waals surface area contributed by atoms with Crippen molar-refractivity contribution in [1.29, 1.82) is 0 Å². The topological polar surface area (TPSA) is 64.0 Å². The van der Waals surface area contributed by atoms with Crippen LogP contribution in [0.25, 0.3) is 11.0 Å².